The number of hydrogen-bond donors (Lipinski definition) is 2. The molecule has 5 heteroatoms. The molecule has 0 aliphatic rings. The fraction of sp³-hybridized carbons (Fsp3) is 0.286. The predicted octanol–water partition coefficient (Wildman–Crippen LogP) is 1.65. The van der Waals surface area contributed by atoms with Gasteiger partial charge in [0, 0.05) is 18.0 Å². The monoisotopic (exact) mass is 260 g/mol. The average Bonchev–Trinajstić information content (AvgIpc) is 2.76. The van der Waals surface area contributed by atoms with Crippen LogP contribution in [-0.4, -0.2) is 28.6 Å². The van der Waals surface area contributed by atoms with Crippen LogP contribution >= 0.6 is 0 Å². The first-order chi connectivity index (χ1) is 9.06. The topological polar surface area (TPSA) is 71.3 Å². The zero-order valence-electron chi connectivity index (χ0n) is 10.9. The van der Waals surface area contributed by atoms with Crippen LogP contribution < -0.4 is 5.32 Å². The van der Waals surface area contributed by atoms with Crippen LogP contribution in [0.2, 0.25) is 0 Å². The van der Waals surface area contributed by atoms with E-state index < -0.39 is 5.97 Å². The van der Waals surface area contributed by atoms with Crippen LogP contribution in [0, 0.1) is 0 Å². The Morgan fingerprint density at radius 1 is 1.32 bits per heavy atom. The fourth-order valence-corrected chi connectivity index (χ4v) is 2.11. The van der Waals surface area contributed by atoms with Crippen molar-refractivity contribution in [3.63, 3.8) is 0 Å². The molecule has 1 amide bonds. The largest absolute Gasteiger partial charge is 0.477 e. The molecule has 0 spiro atoms. The van der Waals surface area contributed by atoms with Crippen molar-refractivity contribution >= 4 is 22.8 Å². The number of likely N-dealkylation sites (N-methyl/N-ethyl adjacent to an activating group) is 1. The van der Waals surface area contributed by atoms with Gasteiger partial charge in [-0.2, -0.15) is 0 Å². The Morgan fingerprint density at radius 2 is 2.05 bits per heavy atom. The summed E-state index contributed by atoms with van der Waals surface area (Å²) in [5.74, 6) is -1.25. The minimum absolute atomic E-state index is 0.00705. The molecule has 19 heavy (non-hydrogen) atoms. The number of hydrogen-bond acceptors (Lipinski definition) is 2. The molecule has 0 fully saturated rings. The quantitative estimate of drug-likeness (QED) is 0.878. The van der Waals surface area contributed by atoms with Gasteiger partial charge >= 0.3 is 5.97 Å². The van der Waals surface area contributed by atoms with Gasteiger partial charge in [0.25, 0.3) is 0 Å². The molecule has 2 N–H and O–H groups in total. The second-order valence-electron chi connectivity index (χ2n) is 4.34. The van der Waals surface area contributed by atoms with Gasteiger partial charge in [-0.3, -0.25) is 4.79 Å². The molecule has 0 saturated carbocycles. The Kier molecular flexibility index (Phi) is 3.55. The van der Waals surface area contributed by atoms with E-state index >= 15 is 0 Å². The van der Waals surface area contributed by atoms with Crippen molar-refractivity contribution in [2.24, 2.45) is 0 Å². The molecule has 2 aromatic rings. The minimum Gasteiger partial charge on any atom is -0.477 e. The second kappa shape index (κ2) is 5.14. The van der Waals surface area contributed by atoms with Gasteiger partial charge in [-0.05, 0) is 30.2 Å². The molecular formula is C14H16N2O3. The summed E-state index contributed by atoms with van der Waals surface area (Å²) in [4.78, 5) is 22.8. The number of rotatable bonds is 4. The highest BCUT2D eigenvalue weighted by atomic mass is 16.4. The van der Waals surface area contributed by atoms with Crippen molar-refractivity contribution in [1.82, 2.24) is 9.88 Å². The van der Waals surface area contributed by atoms with Crippen molar-refractivity contribution in [2.45, 2.75) is 19.9 Å². The van der Waals surface area contributed by atoms with Gasteiger partial charge in [-0.15, -0.1) is 0 Å². The SMILES string of the molecule is CCc1ccc2c(c1)cc(C(=O)O)n2CC(=O)NC. The molecule has 1 aromatic carbocycles. The Hall–Kier alpha value is -2.30. The zero-order chi connectivity index (χ0) is 14.0. The Morgan fingerprint density at radius 3 is 2.63 bits per heavy atom. The van der Waals surface area contributed by atoms with Gasteiger partial charge < -0.3 is 15.0 Å². The van der Waals surface area contributed by atoms with Crippen LogP contribution in [-0.2, 0) is 17.8 Å². The van der Waals surface area contributed by atoms with E-state index in [9.17, 15) is 14.7 Å². The van der Waals surface area contributed by atoms with Gasteiger partial charge in [-0.25, -0.2) is 4.79 Å². The van der Waals surface area contributed by atoms with E-state index in [0.29, 0.717) is 0 Å². The zero-order valence-corrected chi connectivity index (χ0v) is 10.9. The normalized spacial score (nSPS) is 10.6. The molecule has 1 aromatic heterocycles. The molecule has 0 saturated heterocycles. The number of nitrogens with one attached hydrogen (secondary N) is 1. The molecular weight excluding hydrogens is 244 g/mol. The van der Waals surface area contributed by atoms with Crippen molar-refractivity contribution < 1.29 is 14.7 Å². The van der Waals surface area contributed by atoms with Crippen molar-refractivity contribution in [2.75, 3.05) is 7.05 Å². The summed E-state index contributed by atoms with van der Waals surface area (Å²) in [6, 6.07) is 7.39. The number of amides is 1. The number of carboxylic acids is 1. The molecule has 0 unspecified atom stereocenters. The first kappa shape index (κ1) is 13.1. The summed E-state index contributed by atoms with van der Waals surface area (Å²) in [6.45, 7) is 2.05. The smallest absolute Gasteiger partial charge is 0.352 e. The number of benzene rings is 1. The molecule has 0 radical (unpaired) electrons. The summed E-state index contributed by atoms with van der Waals surface area (Å²) < 4.78 is 1.52. The van der Waals surface area contributed by atoms with E-state index in [-0.39, 0.29) is 18.1 Å². The predicted molar refractivity (Wildman–Crippen MR) is 72.3 cm³/mol. The summed E-state index contributed by atoms with van der Waals surface area (Å²) in [5.41, 5.74) is 2.03. The third-order valence-corrected chi connectivity index (χ3v) is 3.17. The van der Waals surface area contributed by atoms with Crippen LogP contribution in [0.4, 0.5) is 0 Å². The lowest BCUT2D eigenvalue weighted by molar-refractivity contribution is -0.121. The van der Waals surface area contributed by atoms with E-state index in [1.807, 2.05) is 25.1 Å². The summed E-state index contributed by atoms with van der Waals surface area (Å²) in [7, 11) is 1.53. The lowest BCUT2D eigenvalue weighted by Crippen LogP contribution is -2.25. The molecule has 0 bridgehead atoms. The number of fused-ring (bicyclic) bond motifs is 1. The summed E-state index contributed by atoms with van der Waals surface area (Å²) in [6.07, 6.45) is 0.888. The number of carbonyl (C=O) groups is 2. The molecule has 2 rings (SSSR count). The molecule has 0 aliphatic heterocycles. The standard InChI is InChI=1S/C14H16N2O3/c1-3-9-4-5-11-10(6-9)7-12(14(18)19)16(11)8-13(17)15-2/h4-7H,3,8H2,1-2H3,(H,15,17)(H,18,19). The molecule has 5 nitrogen and oxygen atoms in total. The highest BCUT2D eigenvalue weighted by molar-refractivity contribution is 5.96. The lowest BCUT2D eigenvalue weighted by Gasteiger charge is -2.07. The van der Waals surface area contributed by atoms with Crippen LogP contribution in [0.15, 0.2) is 24.3 Å². The summed E-state index contributed by atoms with van der Waals surface area (Å²) >= 11 is 0. The second-order valence-corrected chi connectivity index (χ2v) is 4.34. The lowest BCUT2D eigenvalue weighted by atomic mass is 10.1. The van der Waals surface area contributed by atoms with E-state index in [1.165, 1.54) is 11.6 Å². The number of carboxylic acid groups (broad SMARTS) is 1. The number of aromatic nitrogens is 1. The Labute approximate surface area is 110 Å². The number of nitrogens with zero attached hydrogens (tertiary/aromatic N) is 1. The number of carbonyl (C=O) groups excluding carboxylic acids is 1. The first-order valence-electron chi connectivity index (χ1n) is 6.12. The van der Waals surface area contributed by atoms with Crippen LogP contribution in [0.25, 0.3) is 10.9 Å². The summed E-state index contributed by atoms with van der Waals surface area (Å²) in [5, 5.41) is 12.6. The third-order valence-electron chi connectivity index (χ3n) is 3.17. The van der Waals surface area contributed by atoms with Crippen LogP contribution in [0.3, 0.4) is 0 Å². The van der Waals surface area contributed by atoms with E-state index in [0.717, 1.165) is 22.9 Å². The third kappa shape index (κ3) is 2.45. The van der Waals surface area contributed by atoms with Gasteiger partial charge in [0.1, 0.15) is 12.2 Å². The van der Waals surface area contributed by atoms with Crippen LogP contribution in [0.1, 0.15) is 23.0 Å². The molecule has 0 aliphatic carbocycles. The Bertz CT molecular complexity index is 643. The average molecular weight is 260 g/mol. The first-order valence-corrected chi connectivity index (χ1v) is 6.12. The van der Waals surface area contributed by atoms with Gasteiger partial charge in [0.2, 0.25) is 5.91 Å². The van der Waals surface area contributed by atoms with Gasteiger partial charge in [0.05, 0.1) is 0 Å². The molecule has 1 heterocycles. The number of aryl methyl sites for hydroxylation is 1. The highest BCUT2D eigenvalue weighted by Crippen LogP contribution is 2.22. The fourth-order valence-electron chi connectivity index (χ4n) is 2.11. The molecule has 0 atom stereocenters. The maximum Gasteiger partial charge on any atom is 0.352 e. The highest BCUT2D eigenvalue weighted by Gasteiger charge is 2.16. The van der Waals surface area contributed by atoms with Gasteiger partial charge in [-0.1, -0.05) is 13.0 Å². The maximum atomic E-state index is 11.5. The Balaban J connectivity index is 2.60. The number of aromatic carboxylic acids is 1. The van der Waals surface area contributed by atoms with E-state index in [1.54, 1.807) is 6.07 Å². The maximum absolute atomic E-state index is 11.5. The van der Waals surface area contributed by atoms with Gasteiger partial charge in [0.15, 0.2) is 0 Å². The van der Waals surface area contributed by atoms with Crippen molar-refractivity contribution in [3.05, 3.63) is 35.5 Å². The minimum atomic E-state index is -1.03. The van der Waals surface area contributed by atoms with Crippen molar-refractivity contribution in [3.8, 4) is 0 Å². The van der Waals surface area contributed by atoms with Crippen molar-refractivity contribution in [1.29, 1.82) is 0 Å². The van der Waals surface area contributed by atoms with Crippen LogP contribution in [0.5, 0.6) is 0 Å². The van der Waals surface area contributed by atoms with E-state index in [2.05, 4.69) is 5.32 Å². The van der Waals surface area contributed by atoms with E-state index in [4.69, 9.17) is 0 Å². The molecule has 100 valence electrons.